The minimum atomic E-state index is -0.252. The van der Waals surface area contributed by atoms with Gasteiger partial charge in [0.1, 0.15) is 11.5 Å². The van der Waals surface area contributed by atoms with Gasteiger partial charge in [0, 0.05) is 11.5 Å². The first-order valence-corrected chi connectivity index (χ1v) is 9.99. The second-order valence-electron chi connectivity index (χ2n) is 4.72. The van der Waals surface area contributed by atoms with Crippen molar-refractivity contribution in [3.8, 4) is 11.5 Å². The average Bonchev–Trinajstić information content (AvgIpc) is 2.60. The van der Waals surface area contributed by atoms with Crippen molar-refractivity contribution in [3.05, 3.63) is 60.7 Å². The third-order valence-electron chi connectivity index (χ3n) is 2.81. The molecule has 0 N–H and O–H groups in total. The molecule has 0 aliphatic heterocycles. The summed E-state index contributed by atoms with van der Waals surface area (Å²) in [6.45, 7) is 0. The summed E-state index contributed by atoms with van der Waals surface area (Å²) < 4.78 is 10.4. The molecule has 0 bridgehead atoms. The standard InChI is InChI=1S/C18H18O4S2/c19-17(21-15-7-3-1-4-8-15)11-13-23-24-14-12-18(20)22-16-9-5-2-6-10-16/h1-10H,11-14H2. The zero-order valence-electron chi connectivity index (χ0n) is 13.1. The third kappa shape index (κ3) is 7.57. The molecule has 0 saturated carbocycles. The fourth-order valence-electron chi connectivity index (χ4n) is 1.71. The average molecular weight is 362 g/mol. The Hall–Kier alpha value is -1.92. The van der Waals surface area contributed by atoms with Gasteiger partial charge in [-0.3, -0.25) is 9.59 Å². The second-order valence-corrected chi connectivity index (χ2v) is 7.42. The molecule has 0 aliphatic carbocycles. The maximum atomic E-state index is 11.6. The van der Waals surface area contributed by atoms with Crippen LogP contribution >= 0.6 is 21.6 Å². The number of rotatable bonds is 9. The fraction of sp³-hybridized carbons (Fsp3) is 0.222. The predicted octanol–water partition coefficient (Wildman–Crippen LogP) is 4.36. The summed E-state index contributed by atoms with van der Waals surface area (Å²) in [5, 5.41) is 0. The van der Waals surface area contributed by atoms with Crippen LogP contribution in [0.15, 0.2) is 60.7 Å². The van der Waals surface area contributed by atoms with Gasteiger partial charge in [-0.1, -0.05) is 58.0 Å². The molecule has 0 heterocycles. The Morgan fingerprint density at radius 1 is 0.667 bits per heavy atom. The van der Waals surface area contributed by atoms with Gasteiger partial charge < -0.3 is 9.47 Å². The third-order valence-corrected chi connectivity index (χ3v) is 5.22. The molecular weight excluding hydrogens is 344 g/mol. The number of hydrogen-bond acceptors (Lipinski definition) is 6. The molecule has 0 amide bonds. The number of benzene rings is 2. The van der Waals surface area contributed by atoms with Crippen LogP contribution in [0.5, 0.6) is 11.5 Å². The van der Waals surface area contributed by atoms with Crippen molar-refractivity contribution in [1.82, 2.24) is 0 Å². The topological polar surface area (TPSA) is 52.6 Å². The van der Waals surface area contributed by atoms with Crippen LogP contribution in [-0.2, 0) is 9.59 Å². The Morgan fingerprint density at radius 2 is 1.04 bits per heavy atom. The molecule has 0 atom stereocenters. The van der Waals surface area contributed by atoms with Gasteiger partial charge in [-0.2, -0.15) is 0 Å². The van der Waals surface area contributed by atoms with Gasteiger partial charge in [0.2, 0.25) is 0 Å². The van der Waals surface area contributed by atoms with Crippen molar-refractivity contribution in [3.63, 3.8) is 0 Å². The highest BCUT2D eigenvalue weighted by Gasteiger charge is 2.07. The number of esters is 2. The van der Waals surface area contributed by atoms with E-state index in [1.165, 1.54) is 0 Å². The molecule has 0 radical (unpaired) electrons. The Balaban J connectivity index is 1.50. The number of hydrogen-bond donors (Lipinski definition) is 0. The van der Waals surface area contributed by atoms with Gasteiger partial charge in [-0.25, -0.2) is 0 Å². The van der Waals surface area contributed by atoms with Crippen molar-refractivity contribution in [2.24, 2.45) is 0 Å². The Bertz CT molecular complexity index is 574. The van der Waals surface area contributed by atoms with Crippen LogP contribution in [0.2, 0.25) is 0 Å². The van der Waals surface area contributed by atoms with E-state index >= 15 is 0 Å². The summed E-state index contributed by atoms with van der Waals surface area (Å²) >= 11 is 0. The Morgan fingerprint density at radius 3 is 1.42 bits per heavy atom. The molecule has 0 unspecified atom stereocenters. The molecular formula is C18H18O4S2. The molecule has 0 aliphatic rings. The van der Waals surface area contributed by atoms with E-state index in [1.54, 1.807) is 45.9 Å². The van der Waals surface area contributed by atoms with E-state index in [1.807, 2.05) is 36.4 Å². The SMILES string of the molecule is O=C(CCSSCCC(=O)Oc1ccccc1)Oc1ccccc1. The number of carbonyl (C=O) groups excluding carboxylic acids is 2. The van der Waals surface area contributed by atoms with Crippen LogP contribution in [0.1, 0.15) is 12.8 Å². The van der Waals surface area contributed by atoms with Crippen molar-refractivity contribution in [1.29, 1.82) is 0 Å². The lowest BCUT2D eigenvalue weighted by molar-refractivity contribution is -0.134. The molecule has 24 heavy (non-hydrogen) atoms. The van der Waals surface area contributed by atoms with Crippen LogP contribution in [0.4, 0.5) is 0 Å². The normalized spacial score (nSPS) is 10.2. The lowest BCUT2D eigenvalue weighted by Crippen LogP contribution is -2.09. The molecule has 0 saturated heterocycles. The first-order chi connectivity index (χ1) is 11.7. The smallest absolute Gasteiger partial charge is 0.312 e. The maximum absolute atomic E-state index is 11.6. The van der Waals surface area contributed by atoms with Gasteiger partial charge in [0.25, 0.3) is 0 Å². The minimum Gasteiger partial charge on any atom is -0.427 e. The van der Waals surface area contributed by atoms with Gasteiger partial charge in [-0.15, -0.1) is 0 Å². The van der Waals surface area contributed by atoms with Crippen molar-refractivity contribution < 1.29 is 19.1 Å². The lowest BCUT2D eigenvalue weighted by Gasteiger charge is -2.04. The van der Waals surface area contributed by atoms with Crippen LogP contribution in [0.25, 0.3) is 0 Å². The van der Waals surface area contributed by atoms with Gasteiger partial charge in [-0.05, 0) is 24.3 Å². The molecule has 6 heteroatoms. The summed E-state index contributed by atoms with van der Waals surface area (Å²) in [7, 11) is 3.10. The molecule has 0 spiro atoms. The molecule has 0 aromatic heterocycles. The van der Waals surface area contributed by atoms with E-state index in [2.05, 4.69) is 0 Å². The molecule has 126 valence electrons. The summed E-state index contributed by atoms with van der Waals surface area (Å²) in [6.07, 6.45) is 0.669. The number of ether oxygens (including phenoxy) is 2. The lowest BCUT2D eigenvalue weighted by atomic mass is 10.3. The van der Waals surface area contributed by atoms with E-state index in [9.17, 15) is 9.59 Å². The minimum absolute atomic E-state index is 0.252. The van der Waals surface area contributed by atoms with Gasteiger partial charge in [0.05, 0.1) is 12.8 Å². The maximum Gasteiger partial charge on any atom is 0.312 e. The summed E-state index contributed by atoms with van der Waals surface area (Å²) in [6, 6.07) is 18.0. The quantitative estimate of drug-likeness (QED) is 0.286. The van der Waals surface area contributed by atoms with Crippen LogP contribution in [-0.4, -0.2) is 23.4 Å². The van der Waals surface area contributed by atoms with Crippen molar-refractivity contribution >= 4 is 33.5 Å². The summed E-state index contributed by atoms with van der Waals surface area (Å²) in [5.41, 5.74) is 0. The van der Waals surface area contributed by atoms with E-state index in [4.69, 9.17) is 9.47 Å². The van der Waals surface area contributed by atoms with E-state index in [-0.39, 0.29) is 11.9 Å². The highest BCUT2D eigenvalue weighted by molar-refractivity contribution is 8.76. The Kier molecular flexibility index (Phi) is 8.27. The number of carbonyl (C=O) groups is 2. The van der Waals surface area contributed by atoms with E-state index in [0.29, 0.717) is 35.8 Å². The molecule has 2 aromatic rings. The zero-order valence-corrected chi connectivity index (χ0v) is 14.7. The fourth-order valence-corrected chi connectivity index (χ4v) is 3.65. The molecule has 0 fully saturated rings. The Labute approximate surface area is 149 Å². The largest absolute Gasteiger partial charge is 0.427 e. The van der Waals surface area contributed by atoms with Crippen LogP contribution < -0.4 is 9.47 Å². The van der Waals surface area contributed by atoms with Gasteiger partial charge in [0.15, 0.2) is 0 Å². The van der Waals surface area contributed by atoms with Crippen molar-refractivity contribution in [2.75, 3.05) is 11.5 Å². The number of para-hydroxylation sites is 2. The highest BCUT2D eigenvalue weighted by Crippen LogP contribution is 2.23. The summed E-state index contributed by atoms with van der Waals surface area (Å²) in [4.78, 5) is 23.3. The monoisotopic (exact) mass is 362 g/mol. The van der Waals surface area contributed by atoms with E-state index < -0.39 is 0 Å². The zero-order chi connectivity index (χ0) is 17.0. The molecule has 4 nitrogen and oxygen atoms in total. The first kappa shape index (κ1) is 18.4. The second kappa shape index (κ2) is 10.8. The van der Waals surface area contributed by atoms with Crippen molar-refractivity contribution in [2.45, 2.75) is 12.8 Å². The highest BCUT2D eigenvalue weighted by atomic mass is 33.1. The molecule has 2 rings (SSSR count). The van der Waals surface area contributed by atoms with E-state index in [0.717, 1.165) is 0 Å². The van der Waals surface area contributed by atoms with Crippen LogP contribution in [0.3, 0.4) is 0 Å². The van der Waals surface area contributed by atoms with Gasteiger partial charge >= 0.3 is 11.9 Å². The first-order valence-electron chi connectivity index (χ1n) is 7.50. The van der Waals surface area contributed by atoms with Crippen LogP contribution in [0, 0.1) is 0 Å². The molecule has 2 aromatic carbocycles. The summed E-state index contributed by atoms with van der Waals surface area (Å²) in [5.74, 6) is 1.90. The predicted molar refractivity (Wildman–Crippen MR) is 98.3 cm³/mol.